The van der Waals surface area contributed by atoms with Crippen molar-refractivity contribution in [1.82, 2.24) is 5.32 Å². The largest absolute Gasteiger partial charge is 0.482 e. The molecule has 1 aromatic heterocycles. The molecular formula is C22H20ClNO4. The lowest BCUT2D eigenvalue weighted by molar-refractivity contribution is -0.123. The van der Waals surface area contributed by atoms with Crippen molar-refractivity contribution in [3.8, 4) is 5.75 Å². The van der Waals surface area contributed by atoms with Gasteiger partial charge in [-0.2, -0.15) is 0 Å². The molecule has 2 aromatic carbocycles. The van der Waals surface area contributed by atoms with Crippen LogP contribution in [0.4, 0.5) is 0 Å². The summed E-state index contributed by atoms with van der Waals surface area (Å²) in [4.78, 5) is 24.0. The summed E-state index contributed by atoms with van der Waals surface area (Å²) in [5.74, 6) is 0.0886. The smallest absolute Gasteiger partial charge is 0.336 e. The van der Waals surface area contributed by atoms with E-state index in [1.807, 2.05) is 19.1 Å². The zero-order chi connectivity index (χ0) is 19.7. The minimum absolute atomic E-state index is 0.00574. The summed E-state index contributed by atoms with van der Waals surface area (Å²) in [7, 11) is 0. The lowest BCUT2D eigenvalue weighted by Crippen LogP contribution is -2.34. The van der Waals surface area contributed by atoms with Gasteiger partial charge in [-0.1, -0.05) is 35.9 Å². The maximum atomic E-state index is 12.4. The number of hydrogen-bond acceptors (Lipinski definition) is 4. The first-order valence-corrected chi connectivity index (χ1v) is 9.63. The van der Waals surface area contributed by atoms with Crippen LogP contribution in [0.5, 0.6) is 5.75 Å². The van der Waals surface area contributed by atoms with Gasteiger partial charge in [0.05, 0.1) is 11.1 Å². The molecule has 6 heteroatoms. The monoisotopic (exact) mass is 397 g/mol. The second-order valence-corrected chi connectivity index (χ2v) is 7.43. The number of nitrogens with one attached hydrogen (secondary N) is 1. The van der Waals surface area contributed by atoms with E-state index in [9.17, 15) is 9.59 Å². The Bertz CT molecular complexity index is 1110. The van der Waals surface area contributed by atoms with Crippen LogP contribution < -0.4 is 15.7 Å². The standard InChI is InChI=1S/C22H20ClNO4/c1-13-9-22(26)28-19-11-20(17(23)10-16(13)19)27-12-21(25)24-18-8-4-6-14-5-2-3-7-15(14)18/h2-3,5,7,9-11,18H,4,6,8,12H2,1H3,(H,24,25). The van der Waals surface area contributed by atoms with E-state index in [-0.39, 0.29) is 18.6 Å². The molecule has 0 radical (unpaired) electrons. The summed E-state index contributed by atoms with van der Waals surface area (Å²) in [5, 5.41) is 4.14. The summed E-state index contributed by atoms with van der Waals surface area (Å²) >= 11 is 6.28. The number of amides is 1. The molecule has 0 spiro atoms. The van der Waals surface area contributed by atoms with E-state index in [1.54, 1.807) is 12.1 Å². The van der Waals surface area contributed by atoms with Crippen molar-refractivity contribution in [3.05, 3.63) is 74.6 Å². The average molecular weight is 398 g/mol. The quantitative estimate of drug-likeness (QED) is 0.665. The topological polar surface area (TPSA) is 68.5 Å². The van der Waals surface area contributed by atoms with Gasteiger partial charge in [0.15, 0.2) is 6.61 Å². The molecule has 0 saturated heterocycles. The van der Waals surface area contributed by atoms with Gasteiger partial charge in [-0.05, 0) is 48.9 Å². The van der Waals surface area contributed by atoms with Crippen molar-refractivity contribution in [2.24, 2.45) is 0 Å². The maximum absolute atomic E-state index is 12.4. The number of carbonyl (C=O) groups excluding carboxylic acids is 1. The molecule has 0 fully saturated rings. The lowest BCUT2D eigenvalue weighted by Gasteiger charge is -2.26. The Hall–Kier alpha value is -2.79. The Morgan fingerprint density at radius 2 is 2.11 bits per heavy atom. The third-order valence-corrected chi connectivity index (χ3v) is 5.36. The normalized spacial score (nSPS) is 15.9. The van der Waals surface area contributed by atoms with Crippen LogP contribution >= 0.6 is 11.6 Å². The van der Waals surface area contributed by atoms with Gasteiger partial charge in [-0.15, -0.1) is 0 Å². The Morgan fingerprint density at radius 1 is 1.29 bits per heavy atom. The van der Waals surface area contributed by atoms with Crippen molar-refractivity contribution in [2.45, 2.75) is 32.2 Å². The SMILES string of the molecule is Cc1cc(=O)oc2cc(OCC(=O)NC3CCCc4ccccc43)c(Cl)cc12. The lowest BCUT2D eigenvalue weighted by atomic mass is 9.88. The summed E-state index contributed by atoms with van der Waals surface area (Å²) in [5.41, 5.74) is 3.16. The van der Waals surface area contributed by atoms with Crippen LogP contribution in [0.1, 0.15) is 35.6 Å². The number of fused-ring (bicyclic) bond motifs is 2. The highest BCUT2D eigenvalue weighted by Crippen LogP contribution is 2.32. The summed E-state index contributed by atoms with van der Waals surface area (Å²) in [6.07, 6.45) is 2.98. The highest BCUT2D eigenvalue weighted by molar-refractivity contribution is 6.32. The fourth-order valence-electron chi connectivity index (χ4n) is 3.71. The van der Waals surface area contributed by atoms with Crippen LogP contribution in [0.2, 0.25) is 5.02 Å². The van der Waals surface area contributed by atoms with Crippen LogP contribution in [-0.2, 0) is 11.2 Å². The van der Waals surface area contributed by atoms with Gasteiger partial charge in [0.1, 0.15) is 11.3 Å². The Morgan fingerprint density at radius 3 is 2.96 bits per heavy atom. The summed E-state index contributed by atoms with van der Waals surface area (Å²) < 4.78 is 10.8. The fourth-order valence-corrected chi connectivity index (χ4v) is 3.93. The van der Waals surface area contributed by atoms with Gasteiger partial charge in [-0.25, -0.2) is 4.79 Å². The van der Waals surface area contributed by atoms with Crippen molar-refractivity contribution < 1.29 is 13.9 Å². The molecule has 1 aliphatic rings. The molecule has 28 heavy (non-hydrogen) atoms. The van der Waals surface area contributed by atoms with E-state index < -0.39 is 5.63 Å². The minimum Gasteiger partial charge on any atom is -0.482 e. The average Bonchev–Trinajstić information content (AvgIpc) is 2.67. The van der Waals surface area contributed by atoms with Gasteiger partial charge in [0, 0.05) is 17.5 Å². The van der Waals surface area contributed by atoms with Gasteiger partial charge in [0.2, 0.25) is 0 Å². The van der Waals surface area contributed by atoms with Crippen molar-refractivity contribution in [1.29, 1.82) is 0 Å². The molecule has 1 heterocycles. The van der Waals surface area contributed by atoms with Crippen molar-refractivity contribution in [3.63, 3.8) is 0 Å². The molecule has 0 saturated carbocycles. The zero-order valence-corrected chi connectivity index (χ0v) is 16.2. The third kappa shape index (κ3) is 3.76. The molecule has 1 amide bonds. The van der Waals surface area contributed by atoms with E-state index in [2.05, 4.69) is 17.4 Å². The van der Waals surface area contributed by atoms with Crippen molar-refractivity contribution >= 4 is 28.5 Å². The second-order valence-electron chi connectivity index (χ2n) is 7.03. The molecule has 144 valence electrons. The molecule has 1 atom stereocenters. The highest BCUT2D eigenvalue weighted by atomic mass is 35.5. The zero-order valence-electron chi connectivity index (χ0n) is 15.5. The Labute approximate surface area is 167 Å². The second kappa shape index (κ2) is 7.68. The number of ether oxygens (including phenoxy) is 1. The first-order valence-electron chi connectivity index (χ1n) is 9.25. The number of benzene rings is 2. The Kier molecular flexibility index (Phi) is 5.09. The molecule has 5 nitrogen and oxygen atoms in total. The first kappa shape index (κ1) is 18.6. The fraction of sp³-hybridized carbons (Fsp3) is 0.273. The predicted molar refractivity (Wildman–Crippen MR) is 108 cm³/mol. The molecule has 0 aliphatic heterocycles. The molecule has 4 rings (SSSR count). The summed E-state index contributed by atoms with van der Waals surface area (Å²) in [6.45, 7) is 1.64. The minimum atomic E-state index is -0.438. The number of halogens is 1. The molecule has 0 bridgehead atoms. The number of aryl methyl sites for hydroxylation is 2. The van der Waals surface area contributed by atoms with Crippen LogP contribution in [0.15, 0.2) is 51.7 Å². The van der Waals surface area contributed by atoms with Crippen molar-refractivity contribution in [2.75, 3.05) is 6.61 Å². The van der Waals surface area contributed by atoms with E-state index >= 15 is 0 Å². The van der Waals surface area contributed by atoms with Gasteiger partial charge < -0.3 is 14.5 Å². The molecule has 1 N–H and O–H groups in total. The van der Waals surface area contributed by atoms with E-state index in [0.29, 0.717) is 16.4 Å². The number of rotatable bonds is 4. The summed E-state index contributed by atoms with van der Waals surface area (Å²) in [6, 6.07) is 12.8. The van der Waals surface area contributed by atoms with Gasteiger partial charge in [0.25, 0.3) is 5.91 Å². The maximum Gasteiger partial charge on any atom is 0.336 e. The molecule has 1 unspecified atom stereocenters. The number of carbonyl (C=O) groups is 1. The van der Waals surface area contributed by atoms with Gasteiger partial charge >= 0.3 is 5.63 Å². The van der Waals surface area contributed by atoms with Crippen LogP contribution in [0.3, 0.4) is 0 Å². The van der Waals surface area contributed by atoms with E-state index in [0.717, 1.165) is 30.2 Å². The highest BCUT2D eigenvalue weighted by Gasteiger charge is 2.21. The molecule has 1 aliphatic carbocycles. The molecule has 3 aromatic rings. The van der Waals surface area contributed by atoms with Gasteiger partial charge in [-0.3, -0.25) is 4.79 Å². The first-order chi connectivity index (χ1) is 13.5. The van der Waals surface area contributed by atoms with E-state index in [1.165, 1.54) is 17.2 Å². The third-order valence-electron chi connectivity index (χ3n) is 5.07. The van der Waals surface area contributed by atoms with Crippen LogP contribution in [0, 0.1) is 6.92 Å². The van der Waals surface area contributed by atoms with Crippen LogP contribution in [0.25, 0.3) is 11.0 Å². The predicted octanol–water partition coefficient (Wildman–Crippen LogP) is 4.33. The number of hydrogen-bond donors (Lipinski definition) is 1. The van der Waals surface area contributed by atoms with E-state index in [4.69, 9.17) is 20.8 Å². The molecular weight excluding hydrogens is 378 g/mol. The van der Waals surface area contributed by atoms with Crippen LogP contribution in [-0.4, -0.2) is 12.5 Å². The Balaban J connectivity index is 1.47.